The third-order valence-corrected chi connectivity index (χ3v) is 6.34. The van der Waals surface area contributed by atoms with Crippen molar-refractivity contribution in [3.8, 4) is 0 Å². The number of nitrogens with one attached hydrogen (secondary N) is 1. The molecule has 34 heavy (non-hydrogen) atoms. The van der Waals surface area contributed by atoms with Crippen molar-refractivity contribution in [1.82, 2.24) is 0 Å². The minimum atomic E-state index is -4.52. The first kappa shape index (κ1) is 23.7. The lowest BCUT2D eigenvalue weighted by atomic mass is 10.2. The lowest BCUT2D eigenvalue weighted by Gasteiger charge is -2.32. The number of benzene rings is 3. The molecule has 0 bridgehead atoms. The van der Waals surface area contributed by atoms with Crippen molar-refractivity contribution in [2.75, 3.05) is 16.8 Å². The van der Waals surface area contributed by atoms with Gasteiger partial charge in [0.25, 0.3) is 5.91 Å². The molecular formula is C25H21F3N2O3S. The fourth-order valence-corrected chi connectivity index (χ4v) is 4.65. The van der Waals surface area contributed by atoms with Crippen molar-refractivity contribution >= 4 is 40.7 Å². The minimum absolute atomic E-state index is 0.0223. The molecule has 1 amide bonds. The Kier molecular flexibility index (Phi) is 6.83. The molecule has 176 valence electrons. The molecule has 0 fully saturated rings. The highest BCUT2D eigenvalue weighted by atomic mass is 32.2. The number of para-hydroxylation sites is 2. The van der Waals surface area contributed by atoms with Gasteiger partial charge in [-0.15, -0.1) is 0 Å². The SMILES string of the molecule is C[C@H](OC(=O)CCN1c2ccccc2Sc2ccccc21)C(=O)Nc1cccc(C(F)(F)F)c1. The van der Waals surface area contributed by atoms with E-state index in [1.165, 1.54) is 19.1 Å². The summed E-state index contributed by atoms with van der Waals surface area (Å²) < 4.78 is 43.9. The summed E-state index contributed by atoms with van der Waals surface area (Å²) in [5.74, 6) is -1.29. The number of hydrogen-bond acceptors (Lipinski definition) is 5. The van der Waals surface area contributed by atoms with E-state index < -0.39 is 29.7 Å². The third-order valence-electron chi connectivity index (χ3n) is 5.21. The first-order valence-corrected chi connectivity index (χ1v) is 11.3. The normalized spacial score (nSPS) is 13.5. The van der Waals surface area contributed by atoms with Crippen LogP contribution >= 0.6 is 11.8 Å². The van der Waals surface area contributed by atoms with Crippen LogP contribution in [-0.4, -0.2) is 24.5 Å². The van der Waals surface area contributed by atoms with E-state index in [9.17, 15) is 22.8 Å². The van der Waals surface area contributed by atoms with Gasteiger partial charge in [0.05, 0.1) is 23.4 Å². The second-order valence-electron chi connectivity index (χ2n) is 7.64. The molecule has 0 aromatic heterocycles. The van der Waals surface area contributed by atoms with Crippen molar-refractivity contribution in [1.29, 1.82) is 0 Å². The molecule has 0 radical (unpaired) electrons. The zero-order valence-electron chi connectivity index (χ0n) is 18.1. The minimum Gasteiger partial charge on any atom is -0.452 e. The van der Waals surface area contributed by atoms with Gasteiger partial charge in [-0.3, -0.25) is 9.59 Å². The molecule has 1 aliphatic heterocycles. The van der Waals surface area contributed by atoms with Crippen molar-refractivity contribution in [3.05, 3.63) is 78.4 Å². The number of carbonyl (C=O) groups is 2. The van der Waals surface area contributed by atoms with Crippen LogP contribution in [0, 0.1) is 0 Å². The Morgan fingerprint density at radius 3 is 2.21 bits per heavy atom. The number of alkyl halides is 3. The summed E-state index contributed by atoms with van der Waals surface area (Å²) >= 11 is 1.66. The molecule has 9 heteroatoms. The average Bonchev–Trinajstić information content (AvgIpc) is 2.81. The summed E-state index contributed by atoms with van der Waals surface area (Å²) in [6.07, 6.45) is -5.67. The van der Waals surface area contributed by atoms with E-state index in [2.05, 4.69) is 5.32 Å². The number of rotatable bonds is 6. The highest BCUT2D eigenvalue weighted by Gasteiger charge is 2.31. The van der Waals surface area contributed by atoms with E-state index in [-0.39, 0.29) is 12.1 Å². The zero-order chi connectivity index (χ0) is 24.3. The number of amides is 1. The second kappa shape index (κ2) is 9.80. The van der Waals surface area contributed by atoms with Gasteiger partial charge in [-0.25, -0.2) is 0 Å². The number of nitrogens with zero attached hydrogens (tertiary/aromatic N) is 1. The van der Waals surface area contributed by atoms with E-state index in [1.807, 2.05) is 53.4 Å². The van der Waals surface area contributed by atoms with Gasteiger partial charge in [-0.2, -0.15) is 13.2 Å². The molecule has 0 spiro atoms. The summed E-state index contributed by atoms with van der Waals surface area (Å²) in [6, 6.07) is 20.0. The Balaban J connectivity index is 1.37. The number of hydrogen-bond donors (Lipinski definition) is 1. The molecule has 0 aliphatic carbocycles. The summed E-state index contributed by atoms with van der Waals surface area (Å²) in [4.78, 5) is 29.0. The Morgan fingerprint density at radius 2 is 1.59 bits per heavy atom. The number of anilines is 3. The predicted octanol–water partition coefficient (Wildman–Crippen LogP) is 6.27. The van der Waals surface area contributed by atoms with Crippen LogP contribution < -0.4 is 10.2 Å². The molecule has 1 atom stereocenters. The van der Waals surface area contributed by atoms with Crippen molar-refractivity contribution in [2.24, 2.45) is 0 Å². The first-order valence-electron chi connectivity index (χ1n) is 10.5. The van der Waals surface area contributed by atoms with Gasteiger partial charge < -0.3 is 15.0 Å². The van der Waals surface area contributed by atoms with Gasteiger partial charge in [0.15, 0.2) is 6.10 Å². The predicted molar refractivity (Wildman–Crippen MR) is 124 cm³/mol. The van der Waals surface area contributed by atoms with Crippen LogP contribution in [-0.2, 0) is 20.5 Å². The lowest BCUT2D eigenvalue weighted by molar-refractivity contribution is -0.152. The maximum Gasteiger partial charge on any atom is 0.416 e. The van der Waals surface area contributed by atoms with Gasteiger partial charge in [0.2, 0.25) is 0 Å². The maximum absolute atomic E-state index is 12.9. The van der Waals surface area contributed by atoms with Crippen LogP contribution in [0.2, 0.25) is 0 Å². The van der Waals surface area contributed by atoms with Gasteiger partial charge in [-0.05, 0) is 49.4 Å². The Morgan fingerprint density at radius 1 is 0.971 bits per heavy atom. The Labute approximate surface area is 198 Å². The van der Waals surface area contributed by atoms with Crippen LogP contribution in [0.4, 0.5) is 30.2 Å². The lowest BCUT2D eigenvalue weighted by Crippen LogP contribution is -2.31. The number of fused-ring (bicyclic) bond motifs is 2. The number of halogens is 3. The topological polar surface area (TPSA) is 58.6 Å². The molecule has 0 saturated heterocycles. The van der Waals surface area contributed by atoms with Crippen LogP contribution in [0.25, 0.3) is 0 Å². The number of esters is 1. The van der Waals surface area contributed by atoms with Gasteiger partial charge in [0.1, 0.15) is 0 Å². The first-order chi connectivity index (χ1) is 16.2. The van der Waals surface area contributed by atoms with Crippen LogP contribution in [0.5, 0.6) is 0 Å². The van der Waals surface area contributed by atoms with Crippen molar-refractivity contribution < 1.29 is 27.5 Å². The summed E-state index contributed by atoms with van der Waals surface area (Å²) in [5, 5.41) is 2.36. The summed E-state index contributed by atoms with van der Waals surface area (Å²) in [6.45, 7) is 1.72. The van der Waals surface area contributed by atoms with Crippen LogP contribution in [0.15, 0.2) is 82.6 Å². The second-order valence-corrected chi connectivity index (χ2v) is 8.72. The molecule has 3 aromatic carbocycles. The van der Waals surface area contributed by atoms with Crippen molar-refractivity contribution in [3.63, 3.8) is 0 Å². The van der Waals surface area contributed by atoms with E-state index in [0.29, 0.717) is 6.54 Å². The smallest absolute Gasteiger partial charge is 0.416 e. The fraction of sp³-hybridized carbons (Fsp3) is 0.200. The molecule has 1 heterocycles. The molecule has 0 saturated carbocycles. The molecule has 4 rings (SSSR count). The van der Waals surface area contributed by atoms with Crippen LogP contribution in [0.3, 0.4) is 0 Å². The Bertz CT molecular complexity index is 1170. The summed E-state index contributed by atoms with van der Waals surface area (Å²) in [7, 11) is 0. The third kappa shape index (κ3) is 5.36. The molecular weight excluding hydrogens is 465 g/mol. The number of ether oxygens (including phenoxy) is 1. The number of carbonyl (C=O) groups excluding carboxylic acids is 2. The van der Waals surface area contributed by atoms with Gasteiger partial charge in [0, 0.05) is 22.0 Å². The zero-order valence-corrected chi connectivity index (χ0v) is 19.0. The molecule has 1 aliphatic rings. The summed E-state index contributed by atoms with van der Waals surface area (Å²) in [5.41, 5.74) is 1.06. The van der Waals surface area contributed by atoms with E-state index in [4.69, 9.17) is 4.74 Å². The fourth-order valence-electron chi connectivity index (χ4n) is 3.55. The molecule has 0 unspecified atom stereocenters. The highest BCUT2D eigenvalue weighted by Crippen LogP contribution is 2.47. The molecule has 5 nitrogen and oxygen atoms in total. The Hall–Kier alpha value is -3.46. The van der Waals surface area contributed by atoms with E-state index in [1.54, 1.807) is 11.8 Å². The highest BCUT2D eigenvalue weighted by molar-refractivity contribution is 7.99. The molecule has 1 N–H and O–H groups in total. The standard InChI is InChI=1S/C25H21F3N2O3S/c1-16(24(32)29-18-8-6-7-17(15-18)25(26,27)28)33-23(31)13-14-30-19-9-2-4-11-21(19)34-22-12-5-3-10-20(22)30/h2-12,15-16H,13-14H2,1H3,(H,29,32)/t16-/m0/s1. The quantitative estimate of drug-likeness (QED) is 0.416. The van der Waals surface area contributed by atoms with E-state index in [0.717, 1.165) is 33.3 Å². The largest absolute Gasteiger partial charge is 0.452 e. The van der Waals surface area contributed by atoms with E-state index >= 15 is 0 Å². The molecule has 3 aromatic rings. The monoisotopic (exact) mass is 486 g/mol. The average molecular weight is 487 g/mol. The van der Waals surface area contributed by atoms with Gasteiger partial charge in [-0.1, -0.05) is 42.1 Å². The van der Waals surface area contributed by atoms with Gasteiger partial charge >= 0.3 is 12.1 Å². The maximum atomic E-state index is 12.9. The van der Waals surface area contributed by atoms with Crippen molar-refractivity contribution in [2.45, 2.75) is 35.4 Å². The van der Waals surface area contributed by atoms with Crippen LogP contribution in [0.1, 0.15) is 18.9 Å².